The predicted molar refractivity (Wildman–Crippen MR) is 126 cm³/mol. The minimum atomic E-state index is -0.0461. The molecule has 6 rings (SSSR count). The van der Waals surface area contributed by atoms with Gasteiger partial charge in [-0.3, -0.25) is 9.59 Å². The molecule has 0 radical (unpaired) electrons. The first kappa shape index (κ1) is 18.9. The zero-order chi connectivity index (χ0) is 22.0. The van der Waals surface area contributed by atoms with Crippen LogP contribution in [0.4, 0.5) is 0 Å². The van der Waals surface area contributed by atoms with Crippen LogP contribution < -0.4 is 0 Å². The number of benzene rings is 4. The van der Waals surface area contributed by atoms with Crippen LogP contribution in [-0.4, -0.2) is 11.6 Å². The highest BCUT2D eigenvalue weighted by atomic mass is 16.1. The van der Waals surface area contributed by atoms with Crippen molar-refractivity contribution in [3.05, 3.63) is 141 Å². The summed E-state index contributed by atoms with van der Waals surface area (Å²) < 4.78 is 0. The fourth-order valence-corrected chi connectivity index (χ4v) is 5.57. The summed E-state index contributed by atoms with van der Waals surface area (Å²) in [5.41, 5.74) is 9.38. The van der Waals surface area contributed by atoms with Crippen molar-refractivity contribution in [1.29, 1.82) is 0 Å². The highest BCUT2D eigenvalue weighted by Gasteiger charge is 2.41. The summed E-state index contributed by atoms with van der Waals surface area (Å²) in [6, 6.07) is 28.3. The van der Waals surface area contributed by atoms with Gasteiger partial charge in [-0.15, -0.1) is 0 Å². The van der Waals surface area contributed by atoms with E-state index in [4.69, 9.17) is 0 Å². The molecule has 2 heteroatoms. The SMILES string of the molecule is Cc1ccc2c(c1)C(=O)c1ccccc1[C@H]2[C@H]1c2ccccc2C(=O)c2cc(C)ccc21. The van der Waals surface area contributed by atoms with E-state index in [-0.39, 0.29) is 23.4 Å². The molecule has 4 aromatic carbocycles. The van der Waals surface area contributed by atoms with Gasteiger partial charge in [-0.2, -0.15) is 0 Å². The van der Waals surface area contributed by atoms with Crippen LogP contribution in [0.5, 0.6) is 0 Å². The number of ketones is 2. The average molecular weight is 415 g/mol. The number of hydrogen-bond acceptors (Lipinski definition) is 2. The van der Waals surface area contributed by atoms with Gasteiger partial charge < -0.3 is 0 Å². The van der Waals surface area contributed by atoms with E-state index in [0.29, 0.717) is 0 Å². The van der Waals surface area contributed by atoms with E-state index in [2.05, 4.69) is 36.4 Å². The van der Waals surface area contributed by atoms with Gasteiger partial charge in [-0.05, 0) is 48.2 Å². The third-order valence-corrected chi connectivity index (χ3v) is 6.99. The molecule has 2 aliphatic carbocycles. The van der Waals surface area contributed by atoms with Crippen molar-refractivity contribution in [3.8, 4) is 0 Å². The van der Waals surface area contributed by atoms with Crippen LogP contribution in [0.3, 0.4) is 0 Å². The van der Waals surface area contributed by atoms with Crippen LogP contribution in [0.15, 0.2) is 84.9 Å². The Morgan fingerprint density at radius 1 is 0.469 bits per heavy atom. The molecule has 0 aliphatic heterocycles. The monoisotopic (exact) mass is 414 g/mol. The fraction of sp³-hybridized carbons (Fsp3) is 0.133. The molecule has 0 heterocycles. The van der Waals surface area contributed by atoms with Gasteiger partial charge in [0.05, 0.1) is 0 Å². The maximum absolute atomic E-state index is 13.4. The Kier molecular flexibility index (Phi) is 4.06. The second kappa shape index (κ2) is 6.86. The van der Waals surface area contributed by atoms with Gasteiger partial charge in [-0.1, -0.05) is 83.9 Å². The Hall–Kier alpha value is -3.78. The van der Waals surface area contributed by atoms with E-state index in [1.165, 1.54) is 0 Å². The Morgan fingerprint density at radius 3 is 1.28 bits per heavy atom. The van der Waals surface area contributed by atoms with Crippen LogP contribution in [0, 0.1) is 13.8 Å². The summed E-state index contributed by atoms with van der Waals surface area (Å²) in [5, 5.41) is 0. The highest BCUT2D eigenvalue weighted by Crippen LogP contribution is 2.51. The van der Waals surface area contributed by atoms with Gasteiger partial charge in [-0.25, -0.2) is 0 Å². The molecule has 0 spiro atoms. The van der Waals surface area contributed by atoms with E-state index in [0.717, 1.165) is 55.6 Å². The van der Waals surface area contributed by atoms with Crippen molar-refractivity contribution in [2.45, 2.75) is 25.7 Å². The summed E-state index contributed by atoms with van der Waals surface area (Å²) in [6.45, 7) is 4.05. The first-order valence-electron chi connectivity index (χ1n) is 11.0. The topological polar surface area (TPSA) is 34.1 Å². The molecule has 0 bridgehead atoms. The molecular formula is C30H22O2. The maximum atomic E-state index is 13.4. The highest BCUT2D eigenvalue weighted by molar-refractivity contribution is 6.14. The van der Waals surface area contributed by atoms with Crippen LogP contribution in [-0.2, 0) is 0 Å². The van der Waals surface area contributed by atoms with Crippen LogP contribution in [0.2, 0.25) is 0 Å². The van der Waals surface area contributed by atoms with Gasteiger partial charge in [0.25, 0.3) is 0 Å². The van der Waals surface area contributed by atoms with Crippen LogP contribution in [0.25, 0.3) is 0 Å². The minimum absolute atomic E-state index is 0.0461. The van der Waals surface area contributed by atoms with E-state index in [1.807, 2.05) is 62.4 Å². The van der Waals surface area contributed by atoms with Crippen LogP contribution >= 0.6 is 0 Å². The number of carbonyl (C=O) groups is 2. The zero-order valence-electron chi connectivity index (χ0n) is 18.1. The second-order valence-electron chi connectivity index (χ2n) is 8.97. The molecule has 154 valence electrons. The first-order chi connectivity index (χ1) is 15.5. The fourth-order valence-electron chi connectivity index (χ4n) is 5.57. The Morgan fingerprint density at radius 2 is 0.844 bits per heavy atom. The van der Waals surface area contributed by atoms with Gasteiger partial charge in [0.15, 0.2) is 11.6 Å². The van der Waals surface area contributed by atoms with E-state index >= 15 is 0 Å². The predicted octanol–water partition coefficient (Wildman–Crippen LogP) is 6.36. The normalized spacial score (nSPS) is 18.4. The number of carbonyl (C=O) groups excluding carboxylic acids is 2. The molecule has 2 nitrogen and oxygen atoms in total. The lowest BCUT2D eigenvalue weighted by Crippen LogP contribution is -2.29. The first-order valence-corrected chi connectivity index (χ1v) is 11.0. The summed E-state index contributed by atoms with van der Waals surface area (Å²) in [5.74, 6) is 0.0742. The second-order valence-corrected chi connectivity index (χ2v) is 8.97. The van der Waals surface area contributed by atoms with Gasteiger partial charge in [0, 0.05) is 34.1 Å². The minimum Gasteiger partial charge on any atom is -0.289 e. The third kappa shape index (κ3) is 2.59. The van der Waals surface area contributed by atoms with E-state index in [1.54, 1.807) is 0 Å². The summed E-state index contributed by atoms with van der Waals surface area (Å²) in [4.78, 5) is 26.8. The Labute approximate surface area is 187 Å². The molecule has 0 N–H and O–H groups in total. The molecule has 2 aliphatic rings. The molecule has 0 unspecified atom stereocenters. The lowest BCUT2D eigenvalue weighted by Gasteiger charge is -2.38. The molecule has 4 aromatic rings. The number of rotatable bonds is 1. The van der Waals surface area contributed by atoms with Crippen molar-refractivity contribution >= 4 is 11.6 Å². The molecule has 0 saturated heterocycles. The Balaban J connectivity index is 1.70. The lowest BCUT2D eigenvalue weighted by atomic mass is 9.64. The van der Waals surface area contributed by atoms with E-state index < -0.39 is 0 Å². The van der Waals surface area contributed by atoms with E-state index in [9.17, 15) is 9.59 Å². The quantitative estimate of drug-likeness (QED) is 0.363. The summed E-state index contributed by atoms with van der Waals surface area (Å²) in [7, 11) is 0. The maximum Gasteiger partial charge on any atom is 0.193 e. The van der Waals surface area contributed by atoms with Crippen molar-refractivity contribution in [1.82, 2.24) is 0 Å². The number of fused-ring (bicyclic) bond motifs is 4. The summed E-state index contributed by atoms with van der Waals surface area (Å²) in [6.07, 6.45) is 0. The van der Waals surface area contributed by atoms with Gasteiger partial charge in [0.1, 0.15) is 0 Å². The molecule has 0 aromatic heterocycles. The average Bonchev–Trinajstić information content (AvgIpc) is 2.81. The van der Waals surface area contributed by atoms with Crippen LogP contribution in [0.1, 0.15) is 77.1 Å². The van der Waals surface area contributed by atoms with Crippen molar-refractivity contribution in [3.63, 3.8) is 0 Å². The largest absolute Gasteiger partial charge is 0.289 e. The smallest absolute Gasteiger partial charge is 0.193 e. The number of aryl methyl sites for hydroxylation is 2. The molecule has 2 atom stereocenters. The lowest BCUT2D eigenvalue weighted by molar-refractivity contribution is 0.102. The Bertz CT molecular complexity index is 1330. The molecule has 32 heavy (non-hydrogen) atoms. The molecular weight excluding hydrogens is 392 g/mol. The van der Waals surface area contributed by atoms with Crippen molar-refractivity contribution in [2.75, 3.05) is 0 Å². The van der Waals surface area contributed by atoms with Crippen molar-refractivity contribution < 1.29 is 9.59 Å². The molecule has 0 fully saturated rings. The third-order valence-electron chi connectivity index (χ3n) is 6.99. The van der Waals surface area contributed by atoms with Gasteiger partial charge >= 0.3 is 0 Å². The standard InChI is InChI=1S/C30H22O2/c1-17-11-13-21-25(15-17)29(31)23-9-5-3-7-19(23)27(21)28-20-8-4-6-10-24(20)30(32)26-16-18(2)12-14-22(26)28/h3-16,27-28H,1-2H3/t27-,28+. The van der Waals surface area contributed by atoms with Gasteiger partial charge in [0.2, 0.25) is 0 Å². The van der Waals surface area contributed by atoms with Crippen molar-refractivity contribution in [2.24, 2.45) is 0 Å². The summed E-state index contributed by atoms with van der Waals surface area (Å²) >= 11 is 0. The zero-order valence-corrected chi connectivity index (χ0v) is 18.1. The molecule has 0 amide bonds. The molecule has 0 saturated carbocycles. The number of hydrogen-bond donors (Lipinski definition) is 0.